The van der Waals surface area contributed by atoms with Gasteiger partial charge in [0, 0.05) is 31.4 Å². The molecule has 0 heterocycles. The Hall–Kier alpha value is -2.31. The van der Waals surface area contributed by atoms with Gasteiger partial charge in [-0.05, 0) is 61.6 Å². The Labute approximate surface area is 158 Å². The largest absolute Gasteiger partial charge is 0.371 e. The van der Waals surface area contributed by atoms with Crippen LogP contribution >= 0.6 is 0 Å². The molecular formula is C23H31N3. The quantitative estimate of drug-likeness (QED) is 0.680. The molecular weight excluding hydrogens is 318 g/mol. The monoisotopic (exact) mass is 349 g/mol. The molecule has 0 aliphatic carbocycles. The first-order chi connectivity index (χ1) is 12.6. The fourth-order valence-electron chi connectivity index (χ4n) is 3.15. The van der Waals surface area contributed by atoms with Gasteiger partial charge in [0.05, 0.1) is 12.5 Å². The van der Waals surface area contributed by atoms with Crippen LogP contribution in [0.1, 0.15) is 55.5 Å². The summed E-state index contributed by atoms with van der Waals surface area (Å²) < 4.78 is 0. The molecule has 3 nitrogen and oxygen atoms in total. The first-order valence-corrected chi connectivity index (χ1v) is 9.62. The number of aryl methyl sites for hydroxylation is 2. The van der Waals surface area contributed by atoms with Crippen LogP contribution in [-0.4, -0.2) is 13.1 Å². The molecule has 0 spiro atoms. The topological polar surface area (TPSA) is 39.1 Å². The Morgan fingerprint density at radius 2 is 1.85 bits per heavy atom. The highest BCUT2D eigenvalue weighted by molar-refractivity contribution is 5.51. The molecule has 2 aromatic rings. The van der Waals surface area contributed by atoms with Gasteiger partial charge in [0.25, 0.3) is 0 Å². The van der Waals surface area contributed by atoms with Crippen LogP contribution in [0.25, 0.3) is 0 Å². The highest BCUT2D eigenvalue weighted by Crippen LogP contribution is 2.21. The zero-order valence-corrected chi connectivity index (χ0v) is 16.5. The second kappa shape index (κ2) is 9.99. The third-order valence-electron chi connectivity index (χ3n) is 5.05. The van der Waals surface area contributed by atoms with Crippen LogP contribution in [0.2, 0.25) is 0 Å². The summed E-state index contributed by atoms with van der Waals surface area (Å²) in [6.07, 6.45) is 1.64. The Morgan fingerprint density at radius 1 is 1.12 bits per heavy atom. The molecule has 0 saturated heterocycles. The number of nitrogens with one attached hydrogen (secondary N) is 1. The lowest BCUT2D eigenvalue weighted by Gasteiger charge is -2.23. The lowest BCUT2D eigenvalue weighted by Crippen LogP contribution is -2.24. The molecule has 0 aliphatic rings. The van der Waals surface area contributed by atoms with Gasteiger partial charge >= 0.3 is 0 Å². The van der Waals surface area contributed by atoms with Crippen molar-refractivity contribution in [3.63, 3.8) is 0 Å². The molecule has 0 unspecified atom stereocenters. The van der Waals surface area contributed by atoms with Crippen LogP contribution in [0, 0.1) is 18.3 Å². The fraction of sp³-hybridized carbons (Fsp3) is 0.435. The van der Waals surface area contributed by atoms with Crippen LogP contribution in [0.4, 0.5) is 5.69 Å². The van der Waals surface area contributed by atoms with Crippen molar-refractivity contribution in [2.75, 3.05) is 18.0 Å². The van der Waals surface area contributed by atoms with E-state index in [0.717, 1.165) is 26.1 Å². The van der Waals surface area contributed by atoms with Gasteiger partial charge in [0.2, 0.25) is 0 Å². The van der Waals surface area contributed by atoms with E-state index < -0.39 is 0 Å². The SMILES string of the molecule is CCc1ccc([C@@H](C)NCc2ccc(N(CC)CCC#N)cc2C)cc1. The maximum absolute atomic E-state index is 8.82. The minimum Gasteiger partial charge on any atom is -0.371 e. The van der Waals surface area contributed by atoms with E-state index in [9.17, 15) is 0 Å². The minimum atomic E-state index is 0.322. The molecule has 0 radical (unpaired) electrons. The van der Waals surface area contributed by atoms with Gasteiger partial charge in [0.15, 0.2) is 0 Å². The summed E-state index contributed by atoms with van der Waals surface area (Å²) in [5, 5.41) is 12.5. The van der Waals surface area contributed by atoms with Gasteiger partial charge in [-0.2, -0.15) is 5.26 Å². The van der Waals surface area contributed by atoms with E-state index in [0.29, 0.717) is 12.5 Å². The molecule has 0 saturated carbocycles. The maximum atomic E-state index is 8.82. The lowest BCUT2D eigenvalue weighted by atomic mass is 10.0. The summed E-state index contributed by atoms with van der Waals surface area (Å²) in [4.78, 5) is 2.26. The van der Waals surface area contributed by atoms with E-state index in [4.69, 9.17) is 5.26 Å². The normalized spacial score (nSPS) is 11.8. The van der Waals surface area contributed by atoms with E-state index in [1.165, 1.54) is 27.9 Å². The first-order valence-electron chi connectivity index (χ1n) is 9.62. The Balaban J connectivity index is 1.99. The van der Waals surface area contributed by atoms with Crippen molar-refractivity contribution in [3.8, 4) is 6.07 Å². The van der Waals surface area contributed by atoms with Crippen molar-refractivity contribution in [1.82, 2.24) is 5.32 Å². The van der Waals surface area contributed by atoms with Crippen molar-refractivity contribution < 1.29 is 0 Å². The van der Waals surface area contributed by atoms with E-state index in [1.807, 2.05) is 0 Å². The third kappa shape index (κ3) is 5.34. The van der Waals surface area contributed by atoms with Crippen molar-refractivity contribution in [2.45, 2.75) is 53.1 Å². The molecule has 3 heteroatoms. The van der Waals surface area contributed by atoms with Crippen LogP contribution in [-0.2, 0) is 13.0 Å². The van der Waals surface area contributed by atoms with Gasteiger partial charge in [-0.25, -0.2) is 0 Å². The third-order valence-corrected chi connectivity index (χ3v) is 5.05. The van der Waals surface area contributed by atoms with Crippen LogP contribution < -0.4 is 10.2 Å². The van der Waals surface area contributed by atoms with Crippen LogP contribution in [0.3, 0.4) is 0 Å². The standard InChI is InChI=1S/C23H31N3/c1-5-20-8-10-21(11-9-20)19(4)25-17-22-12-13-23(16-18(22)3)26(6-2)15-7-14-24/h8-13,16,19,25H,5-7,15,17H2,1-4H3/t19-/m1/s1. The number of hydrogen-bond donors (Lipinski definition) is 1. The second-order valence-electron chi connectivity index (χ2n) is 6.80. The highest BCUT2D eigenvalue weighted by atomic mass is 15.1. The molecule has 138 valence electrons. The summed E-state index contributed by atoms with van der Waals surface area (Å²) in [5.74, 6) is 0. The molecule has 2 aromatic carbocycles. The molecule has 1 atom stereocenters. The Kier molecular flexibility index (Phi) is 7.69. The molecule has 2 rings (SSSR count). The average Bonchev–Trinajstić information content (AvgIpc) is 2.67. The molecule has 0 aliphatic heterocycles. The lowest BCUT2D eigenvalue weighted by molar-refractivity contribution is 0.573. The zero-order valence-electron chi connectivity index (χ0n) is 16.5. The van der Waals surface area contributed by atoms with Crippen LogP contribution in [0.5, 0.6) is 0 Å². The second-order valence-corrected chi connectivity index (χ2v) is 6.80. The summed E-state index contributed by atoms with van der Waals surface area (Å²) in [6.45, 7) is 11.3. The van der Waals surface area contributed by atoms with Crippen molar-refractivity contribution in [2.24, 2.45) is 0 Å². The number of rotatable bonds is 9. The van der Waals surface area contributed by atoms with E-state index >= 15 is 0 Å². The van der Waals surface area contributed by atoms with Gasteiger partial charge in [-0.1, -0.05) is 37.3 Å². The predicted octanol–water partition coefficient (Wildman–Crippen LogP) is 5.15. The summed E-state index contributed by atoms with van der Waals surface area (Å²) in [6, 6.07) is 18.0. The molecule has 1 N–H and O–H groups in total. The first kappa shape index (κ1) is 20.0. The number of nitrogens with zero attached hydrogens (tertiary/aromatic N) is 2. The smallest absolute Gasteiger partial charge is 0.0640 e. The molecule has 26 heavy (non-hydrogen) atoms. The highest BCUT2D eigenvalue weighted by Gasteiger charge is 2.09. The zero-order chi connectivity index (χ0) is 18.9. The van der Waals surface area contributed by atoms with Crippen molar-refractivity contribution >= 4 is 5.69 Å². The average molecular weight is 350 g/mol. The van der Waals surface area contributed by atoms with E-state index in [1.54, 1.807) is 0 Å². The molecule has 0 fully saturated rings. The van der Waals surface area contributed by atoms with Crippen molar-refractivity contribution in [1.29, 1.82) is 5.26 Å². The maximum Gasteiger partial charge on any atom is 0.0640 e. The fourth-order valence-corrected chi connectivity index (χ4v) is 3.15. The van der Waals surface area contributed by atoms with Crippen molar-refractivity contribution in [3.05, 3.63) is 64.7 Å². The summed E-state index contributed by atoms with van der Waals surface area (Å²) in [5.41, 5.74) is 6.52. The van der Waals surface area contributed by atoms with Crippen LogP contribution in [0.15, 0.2) is 42.5 Å². The van der Waals surface area contributed by atoms with Gasteiger partial charge in [-0.3, -0.25) is 0 Å². The number of anilines is 1. The van der Waals surface area contributed by atoms with Gasteiger partial charge < -0.3 is 10.2 Å². The van der Waals surface area contributed by atoms with Gasteiger partial charge in [-0.15, -0.1) is 0 Å². The Morgan fingerprint density at radius 3 is 2.42 bits per heavy atom. The number of hydrogen-bond acceptors (Lipinski definition) is 3. The predicted molar refractivity (Wildman–Crippen MR) is 110 cm³/mol. The molecule has 0 bridgehead atoms. The van der Waals surface area contributed by atoms with Gasteiger partial charge in [0.1, 0.15) is 0 Å². The number of nitriles is 1. The van der Waals surface area contributed by atoms with E-state index in [2.05, 4.69) is 86.4 Å². The van der Waals surface area contributed by atoms with E-state index in [-0.39, 0.29) is 0 Å². The molecule has 0 amide bonds. The Bertz CT molecular complexity index is 728. The summed E-state index contributed by atoms with van der Waals surface area (Å²) in [7, 11) is 0. The molecule has 0 aromatic heterocycles. The summed E-state index contributed by atoms with van der Waals surface area (Å²) >= 11 is 0. The number of benzene rings is 2. The minimum absolute atomic E-state index is 0.322.